The van der Waals surface area contributed by atoms with Gasteiger partial charge in [0.15, 0.2) is 5.65 Å². The lowest BCUT2D eigenvalue weighted by atomic mass is 10.1. The Balaban J connectivity index is 1.63. The lowest BCUT2D eigenvalue weighted by Gasteiger charge is -2.10. The highest BCUT2D eigenvalue weighted by Gasteiger charge is 2.16. The van der Waals surface area contributed by atoms with Crippen LogP contribution in [0.5, 0.6) is 0 Å². The first-order valence-electron chi connectivity index (χ1n) is 9.88. The summed E-state index contributed by atoms with van der Waals surface area (Å²) in [4.78, 5) is 19.6. The van der Waals surface area contributed by atoms with Gasteiger partial charge in [-0.25, -0.2) is 0 Å². The van der Waals surface area contributed by atoms with Gasteiger partial charge in [-0.1, -0.05) is 44.2 Å². The molecule has 0 saturated heterocycles. The molecule has 4 aromatic rings. The molecule has 0 aliphatic heterocycles. The van der Waals surface area contributed by atoms with Crippen LogP contribution in [0.3, 0.4) is 0 Å². The number of nitrogens with one attached hydrogen (secondary N) is 2. The number of aryl methyl sites for hydroxylation is 2. The molecule has 0 aliphatic rings. The van der Waals surface area contributed by atoms with Crippen LogP contribution >= 0.6 is 0 Å². The minimum absolute atomic E-state index is 0.197. The summed E-state index contributed by atoms with van der Waals surface area (Å²) < 4.78 is 3.69. The summed E-state index contributed by atoms with van der Waals surface area (Å²) in [7, 11) is 1.77. The highest BCUT2D eigenvalue weighted by atomic mass is 16.1. The normalized spacial score (nSPS) is 11.3. The second-order valence-electron chi connectivity index (χ2n) is 7.00. The Kier molecular flexibility index (Phi) is 5.16. The van der Waals surface area contributed by atoms with Crippen LogP contribution in [-0.2, 0) is 33.0 Å². The van der Waals surface area contributed by atoms with Gasteiger partial charge < -0.3 is 5.32 Å². The number of aromatic nitrogens is 6. The van der Waals surface area contributed by atoms with E-state index in [0.29, 0.717) is 23.5 Å². The van der Waals surface area contributed by atoms with Crippen molar-refractivity contribution in [3.05, 3.63) is 69.4 Å². The maximum absolute atomic E-state index is 12.3. The molecule has 29 heavy (non-hydrogen) atoms. The molecule has 8 heteroatoms. The summed E-state index contributed by atoms with van der Waals surface area (Å²) in [6, 6.07) is 10.3. The van der Waals surface area contributed by atoms with Crippen LogP contribution < -0.4 is 10.9 Å². The van der Waals surface area contributed by atoms with Crippen molar-refractivity contribution in [1.82, 2.24) is 29.5 Å². The van der Waals surface area contributed by atoms with Gasteiger partial charge in [0.25, 0.3) is 5.56 Å². The van der Waals surface area contributed by atoms with Crippen molar-refractivity contribution in [2.75, 3.05) is 5.32 Å². The largest absolute Gasteiger partial charge is 0.351 e. The average Bonchev–Trinajstić information content (AvgIpc) is 3.27. The predicted molar refractivity (Wildman–Crippen MR) is 113 cm³/mol. The first-order chi connectivity index (χ1) is 14.1. The number of anilines is 1. The summed E-state index contributed by atoms with van der Waals surface area (Å²) >= 11 is 0. The predicted octanol–water partition coefficient (Wildman–Crippen LogP) is 2.64. The van der Waals surface area contributed by atoms with Crippen molar-refractivity contribution in [2.24, 2.45) is 7.05 Å². The molecule has 1 aromatic carbocycles. The molecule has 0 spiro atoms. The Labute approximate surface area is 168 Å². The first kappa shape index (κ1) is 18.9. The van der Waals surface area contributed by atoms with Gasteiger partial charge in [0.05, 0.1) is 18.4 Å². The summed E-state index contributed by atoms with van der Waals surface area (Å²) in [5.74, 6) is 0.436. The van der Waals surface area contributed by atoms with E-state index in [1.165, 1.54) is 23.0 Å². The number of hydrogen-bond acceptors (Lipinski definition) is 5. The summed E-state index contributed by atoms with van der Waals surface area (Å²) in [6.45, 7) is 5.55. The van der Waals surface area contributed by atoms with Gasteiger partial charge >= 0.3 is 0 Å². The molecule has 0 radical (unpaired) electrons. The Hall–Kier alpha value is -3.42. The smallest absolute Gasteiger partial charge is 0.263 e. The molecule has 8 nitrogen and oxygen atoms in total. The van der Waals surface area contributed by atoms with Crippen LogP contribution in [0.15, 0.2) is 41.3 Å². The van der Waals surface area contributed by atoms with Gasteiger partial charge in [0, 0.05) is 24.8 Å². The molecular formula is C21H25N7O. The van der Waals surface area contributed by atoms with E-state index in [9.17, 15) is 4.79 Å². The number of benzene rings is 1. The third-order valence-electron chi connectivity index (χ3n) is 5.13. The van der Waals surface area contributed by atoms with Crippen molar-refractivity contribution < 1.29 is 0 Å². The Morgan fingerprint density at radius 3 is 2.66 bits per heavy atom. The highest BCUT2D eigenvalue weighted by Crippen LogP contribution is 2.19. The third kappa shape index (κ3) is 3.65. The second kappa shape index (κ2) is 7.90. The maximum Gasteiger partial charge on any atom is 0.263 e. The van der Waals surface area contributed by atoms with Crippen molar-refractivity contribution in [3.8, 4) is 0 Å². The standard InChI is InChI=1S/C21H25N7O/c1-4-17-15(18(5-2)28(26-17)13-14-9-7-6-8-10-14)11-22-21-24-19-16(20(29)25-21)12-23-27(19)3/h6-10,12H,4-5,11,13H2,1-3H3,(H2,22,24,25,29). The fraction of sp³-hybridized carbons (Fsp3) is 0.333. The zero-order chi connectivity index (χ0) is 20.4. The van der Waals surface area contributed by atoms with Crippen molar-refractivity contribution in [3.63, 3.8) is 0 Å². The van der Waals surface area contributed by atoms with Crippen LogP contribution in [-0.4, -0.2) is 29.5 Å². The molecule has 0 atom stereocenters. The number of hydrogen-bond donors (Lipinski definition) is 2. The lowest BCUT2D eigenvalue weighted by Crippen LogP contribution is -2.14. The van der Waals surface area contributed by atoms with Gasteiger partial charge in [0.1, 0.15) is 5.39 Å². The summed E-state index contributed by atoms with van der Waals surface area (Å²) in [5, 5.41) is 12.7. The van der Waals surface area contributed by atoms with Crippen molar-refractivity contribution in [2.45, 2.75) is 39.8 Å². The second-order valence-corrected chi connectivity index (χ2v) is 7.00. The zero-order valence-electron chi connectivity index (χ0n) is 16.9. The van der Waals surface area contributed by atoms with Gasteiger partial charge in [-0.05, 0) is 18.4 Å². The van der Waals surface area contributed by atoms with E-state index in [1.54, 1.807) is 11.7 Å². The Morgan fingerprint density at radius 2 is 1.93 bits per heavy atom. The molecule has 2 N–H and O–H groups in total. The Bertz CT molecular complexity index is 1190. The van der Waals surface area contributed by atoms with E-state index >= 15 is 0 Å². The summed E-state index contributed by atoms with van der Waals surface area (Å²) in [5.41, 5.74) is 5.01. The van der Waals surface area contributed by atoms with Gasteiger partial charge in [-0.15, -0.1) is 0 Å². The van der Waals surface area contributed by atoms with Crippen LogP contribution in [0.25, 0.3) is 11.0 Å². The third-order valence-corrected chi connectivity index (χ3v) is 5.13. The number of rotatable bonds is 7. The first-order valence-corrected chi connectivity index (χ1v) is 9.88. The van der Waals surface area contributed by atoms with Crippen LogP contribution in [0.2, 0.25) is 0 Å². The van der Waals surface area contributed by atoms with Crippen molar-refractivity contribution >= 4 is 17.0 Å². The molecule has 0 unspecified atom stereocenters. The molecule has 4 rings (SSSR count). The van der Waals surface area contributed by atoms with E-state index in [4.69, 9.17) is 5.10 Å². The molecule has 3 heterocycles. The maximum atomic E-state index is 12.3. The number of nitrogens with zero attached hydrogens (tertiary/aromatic N) is 5. The van der Waals surface area contributed by atoms with E-state index in [0.717, 1.165) is 25.1 Å². The molecular weight excluding hydrogens is 366 g/mol. The van der Waals surface area contributed by atoms with Gasteiger partial charge in [-0.3, -0.25) is 19.1 Å². The Morgan fingerprint density at radius 1 is 1.14 bits per heavy atom. The van der Waals surface area contributed by atoms with E-state index < -0.39 is 0 Å². The van der Waals surface area contributed by atoms with Crippen LogP contribution in [0.4, 0.5) is 5.95 Å². The topological polar surface area (TPSA) is 93.4 Å². The molecule has 3 aromatic heterocycles. The van der Waals surface area contributed by atoms with Gasteiger partial charge in [-0.2, -0.15) is 15.2 Å². The minimum atomic E-state index is -0.197. The van der Waals surface area contributed by atoms with Crippen LogP contribution in [0.1, 0.15) is 36.4 Å². The monoisotopic (exact) mass is 391 g/mol. The van der Waals surface area contributed by atoms with Crippen LogP contribution in [0, 0.1) is 0 Å². The van der Waals surface area contributed by atoms with Crippen molar-refractivity contribution in [1.29, 1.82) is 0 Å². The molecule has 0 bridgehead atoms. The quantitative estimate of drug-likeness (QED) is 0.505. The fourth-order valence-electron chi connectivity index (χ4n) is 3.65. The highest BCUT2D eigenvalue weighted by molar-refractivity contribution is 5.74. The average molecular weight is 391 g/mol. The molecule has 150 valence electrons. The molecule has 0 amide bonds. The zero-order valence-corrected chi connectivity index (χ0v) is 16.9. The van der Waals surface area contributed by atoms with Gasteiger partial charge in [0.2, 0.25) is 5.95 Å². The summed E-state index contributed by atoms with van der Waals surface area (Å²) in [6.07, 6.45) is 3.25. The number of aromatic amines is 1. The molecule has 0 aliphatic carbocycles. The van der Waals surface area contributed by atoms with E-state index in [2.05, 4.69) is 51.0 Å². The fourth-order valence-corrected chi connectivity index (χ4v) is 3.65. The van der Waals surface area contributed by atoms with E-state index in [1.807, 2.05) is 18.2 Å². The van der Waals surface area contributed by atoms with E-state index in [-0.39, 0.29) is 5.56 Å². The SMILES string of the molecule is CCc1nn(Cc2ccccc2)c(CC)c1CNc1nc2c(cnn2C)c(=O)[nH]1. The number of fused-ring (bicyclic) bond motifs is 1. The molecule has 0 fully saturated rings. The molecule has 0 saturated carbocycles. The minimum Gasteiger partial charge on any atom is -0.351 e. The lowest BCUT2D eigenvalue weighted by molar-refractivity contribution is 0.639. The number of H-pyrrole nitrogens is 1.